The summed E-state index contributed by atoms with van der Waals surface area (Å²) in [6.07, 6.45) is -1.12. The summed E-state index contributed by atoms with van der Waals surface area (Å²) in [5, 5.41) is 2.71. The first-order valence-electron chi connectivity index (χ1n) is 10.2. The Hall–Kier alpha value is -2.61. The van der Waals surface area contributed by atoms with Crippen molar-refractivity contribution in [1.82, 2.24) is 10.2 Å². The second-order valence-corrected chi connectivity index (χ2v) is 7.98. The number of benzene rings is 1. The van der Waals surface area contributed by atoms with Crippen molar-refractivity contribution in [2.45, 2.75) is 59.0 Å². The molecular formula is C22H32N2O6. The lowest BCUT2D eigenvalue weighted by Gasteiger charge is -2.36. The molecule has 4 atom stereocenters. The maximum atomic E-state index is 12.8. The highest BCUT2D eigenvalue weighted by molar-refractivity contribution is 5.99. The predicted octanol–water partition coefficient (Wildman–Crippen LogP) is 2.02. The lowest BCUT2D eigenvalue weighted by Crippen LogP contribution is -2.52. The summed E-state index contributed by atoms with van der Waals surface area (Å²) in [6.45, 7) is 9.83. The van der Waals surface area contributed by atoms with Gasteiger partial charge in [-0.2, -0.15) is 0 Å². The molecule has 0 aromatic heterocycles. The molecule has 1 aromatic rings. The first kappa shape index (κ1) is 23.7. The molecule has 1 aliphatic heterocycles. The molecule has 1 fully saturated rings. The number of morpholine rings is 1. The van der Waals surface area contributed by atoms with E-state index in [0.717, 1.165) is 0 Å². The van der Waals surface area contributed by atoms with Crippen molar-refractivity contribution in [2.24, 2.45) is 5.92 Å². The molecule has 2 rings (SSSR count). The highest BCUT2D eigenvalue weighted by Gasteiger charge is 2.33. The Morgan fingerprint density at radius 2 is 1.70 bits per heavy atom. The van der Waals surface area contributed by atoms with E-state index in [9.17, 15) is 14.4 Å². The van der Waals surface area contributed by atoms with Gasteiger partial charge in [0.05, 0.1) is 24.9 Å². The third-order valence-electron chi connectivity index (χ3n) is 4.93. The summed E-state index contributed by atoms with van der Waals surface area (Å²) in [5.74, 6) is -1.20. The van der Waals surface area contributed by atoms with Gasteiger partial charge in [-0.15, -0.1) is 0 Å². The fraction of sp³-hybridized carbons (Fsp3) is 0.591. The molecule has 0 saturated carbocycles. The van der Waals surface area contributed by atoms with Gasteiger partial charge in [-0.25, -0.2) is 4.79 Å². The number of ether oxygens (including phenoxy) is 3. The van der Waals surface area contributed by atoms with E-state index >= 15 is 0 Å². The van der Waals surface area contributed by atoms with Crippen LogP contribution in [-0.4, -0.2) is 67.2 Å². The highest BCUT2D eigenvalue weighted by Crippen LogP contribution is 2.18. The summed E-state index contributed by atoms with van der Waals surface area (Å²) >= 11 is 0. The number of esters is 1. The Kier molecular flexibility index (Phi) is 8.23. The minimum Gasteiger partial charge on any atom is -0.496 e. The Labute approximate surface area is 177 Å². The molecule has 0 spiro atoms. The summed E-state index contributed by atoms with van der Waals surface area (Å²) < 4.78 is 16.3. The number of carbonyl (C=O) groups excluding carboxylic acids is 3. The second kappa shape index (κ2) is 10.4. The van der Waals surface area contributed by atoms with Crippen LogP contribution in [0.25, 0.3) is 0 Å². The lowest BCUT2D eigenvalue weighted by atomic mass is 10.0. The number of methoxy groups -OCH3 is 1. The van der Waals surface area contributed by atoms with Gasteiger partial charge in [-0.3, -0.25) is 9.59 Å². The van der Waals surface area contributed by atoms with Crippen LogP contribution < -0.4 is 10.1 Å². The van der Waals surface area contributed by atoms with Crippen LogP contribution in [0.1, 0.15) is 45.0 Å². The van der Waals surface area contributed by atoms with Crippen molar-refractivity contribution in [3.8, 4) is 5.75 Å². The van der Waals surface area contributed by atoms with Gasteiger partial charge >= 0.3 is 5.97 Å². The average molecular weight is 421 g/mol. The summed E-state index contributed by atoms with van der Waals surface area (Å²) in [6, 6.07) is 5.85. The SMILES string of the molecule is COc1ccccc1C(=O)N[C@H](C(=O)O[C@@H](C)C(=O)N1C[C@@H](C)O[C@@H](C)C1)C(C)C. The fourth-order valence-electron chi connectivity index (χ4n) is 3.46. The third-order valence-corrected chi connectivity index (χ3v) is 4.93. The third kappa shape index (κ3) is 5.95. The molecule has 166 valence electrons. The van der Waals surface area contributed by atoms with Crippen molar-refractivity contribution in [2.75, 3.05) is 20.2 Å². The molecular weight excluding hydrogens is 388 g/mol. The quantitative estimate of drug-likeness (QED) is 0.679. The normalized spacial score (nSPS) is 21.0. The number of para-hydroxylation sites is 1. The molecule has 1 aromatic carbocycles. The van der Waals surface area contributed by atoms with Crippen LogP contribution in [0.4, 0.5) is 0 Å². The van der Waals surface area contributed by atoms with Crippen LogP contribution in [0.2, 0.25) is 0 Å². The molecule has 1 N–H and O–H groups in total. The van der Waals surface area contributed by atoms with Gasteiger partial charge < -0.3 is 24.4 Å². The van der Waals surface area contributed by atoms with Crippen LogP contribution in [0.3, 0.4) is 0 Å². The molecule has 8 heteroatoms. The summed E-state index contributed by atoms with van der Waals surface area (Å²) in [5.41, 5.74) is 0.318. The zero-order valence-corrected chi connectivity index (χ0v) is 18.5. The van der Waals surface area contributed by atoms with Crippen LogP contribution in [0, 0.1) is 5.92 Å². The zero-order chi connectivity index (χ0) is 22.4. The van der Waals surface area contributed by atoms with Crippen molar-refractivity contribution in [1.29, 1.82) is 0 Å². The Morgan fingerprint density at radius 3 is 2.27 bits per heavy atom. The van der Waals surface area contributed by atoms with Gasteiger partial charge in [0.2, 0.25) is 0 Å². The molecule has 1 heterocycles. The molecule has 8 nitrogen and oxygen atoms in total. The maximum Gasteiger partial charge on any atom is 0.329 e. The number of nitrogens with zero attached hydrogens (tertiary/aromatic N) is 1. The number of rotatable bonds is 7. The summed E-state index contributed by atoms with van der Waals surface area (Å²) in [7, 11) is 1.47. The molecule has 0 bridgehead atoms. The first-order chi connectivity index (χ1) is 14.1. The minimum atomic E-state index is -0.959. The van der Waals surface area contributed by atoms with E-state index < -0.39 is 24.0 Å². The highest BCUT2D eigenvalue weighted by atomic mass is 16.6. The van der Waals surface area contributed by atoms with Crippen molar-refractivity contribution in [3.05, 3.63) is 29.8 Å². The first-order valence-corrected chi connectivity index (χ1v) is 10.2. The van der Waals surface area contributed by atoms with Gasteiger partial charge in [0.25, 0.3) is 11.8 Å². The Bertz CT molecular complexity index is 756. The van der Waals surface area contributed by atoms with E-state index in [1.807, 2.05) is 13.8 Å². The van der Waals surface area contributed by atoms with Crippen molar-refractivity contribution < 1.29 is 28.6 Å². The largest absolute Gasteiger partial charge is 0.496 e. The van der Waals surface area contributed by atoms with E-state index in [-0.39, 0.29) is 24.0 Å². The Morgan fingerprint density at radius 1 is 1.10 bits per heavy atom. The number of amides is 2. The van der Waals surface area contributed by atoms with E-state index in [2.05, 4.69) is 5.32 Å². The smallest absolute Gasteiger partial charge is 0.329 e. The predicted molar refractivity (Wildman–Crippen MR) is 111 cm³/mol. The van der Waals surface area contributed by atoms with Gasteiger partial charge in [0.1, 0.15) is 11.8 Å². The summed E-state index contributed by atoms with van der Waals surface area (Å²) in [4.78, 5) is 39.8. The number of hydrogen-bond donors (Lipinski definition) is 1. The number of nitrogens with one attached hydrogen (secondary N) is 1. The maximum absolute atomic E-state index is 12.8. The van der Waals surface area contributed by atoms with E-state index in [1.165, 1.54) is 7.11 Å². The van der Waals surface area contributed by atoms with E-state index in [1.54, 1.807) is 49.9 Å². The van der Waals surface area contributed by atoms with Gasteiger partial charge in [0.15, 0.2) is 6.10 Å². The van der Waals surface area contributed by atoms with E-state index in [4.69, 9.17) is 14.2 Å². The van der Waals surface area contributed by atoms with Gasteiger partial charge in [-0.05, 0) is 38.8 Å². The van der Waals surface area contributed by atoms with Crippen LogP contribution >= 0.6 is 0 Å². The van der Waals surface area contributed by atoms with Crippen LogP contribution in [-0.2, 0) is 19.1 Å². The lowest BCUT2D eigenvalue weighted by molar-refractivity contribution is -0.166. The molecule has 1 aliphatic rings. The van der Waals surface area contributed by atoms with Crippen molar-refractivity contribution in [3.63, 3.8) is 0 Å². The van der Waals surface area contributed by atoms with E-state index in [0.29, 0.717) is 24.4 Å². The van der Waals surface area contributed by atoms with Crippen LogP contribution in [0.15, 0.2) is 24.3 Å². The topological polar surface area (TPSA) is 94.2 Å². The molecule has 0 radical (unpaired) electrons. The molecule has 1 saturated heterocycles. The zero-order valence-electron chi connectivity index (χ0n) is 18.5. The Balaban J connectivity index is 2.04. The molecule has 30 heavy (non-hydrogen) atoms. The number of hydrogen-bond acceptors (Lipinski definition) is 6. The standard InChI is InChI=1S/C22H32N2O6/c1-13(2)19(23-20(25)17-9-7-8-10-18(17)28-6)22(27)30-16(5)21(26)24-11-14(3)29-15(4)12-24/h7-10,13-16,19H,11-12H2,1-6H3,(H,23,25)/t14-,15+,16-,19-/m0/s1. The van der Waals surface area contributed by atoms with Gasteiger partial charge in [0, 0.05) is 13.1 Å². The van der Waals surface area contributed by atoms with Crippen LogP contribution in [0.5, 0.6) is 5.75 Å². The minimum absolute atomic E-state index is 0.0795. The van der Waals surface area contributed by atoms with Crippen molar-refractivity contribution >= 4 is 17.8 Å². The number of carbonyl (C=O) groups is 3. The molecule has 0 unspecified atom stereocenters. The molecule has 2 amide bonds. The monoisotopic (exact) mass is 420 g/mol. The second-order valence-electron chi connectivity index (χ2n) is 7.98. The van der Waals surface area contributed by atoms with Gasteiger partial charge in [-0.1, -0.05) is 26.0 Å². The fourth-order valence-corrected chi connectivity index (χ4v) is 3.46. The average Bonchev–Trinajstić information content (AvgIpc) is 2.69. The molecule has 0 aliphatic carbocycles.